The molecule has 0 spiro atoms. The molecule has 6 heteroatoms. The van der Waals surface area contributed by atoms with Gasteiger partial charge in [-0.15, -0.1) is 0 Å². The van der Waals surface area contributed by atoms with E-state index in [9.17, 15) is 13.2 Å². The highest BCUT2D eigenvalue weighted by Crippen LogP contribution is 2.33. The smallest absolute Gasteiger partial charge is 0.123 e. The van der Waals surface area contributed by atoms with Gasteiger partial charge < -0.3 is 10.1 Å². The van der Waals surface area contributed by atoms with Crippen molar-refractivity contribution in [3.05, 3.63) is 109 Å². The zero-order valence-corrected chi connectivity index (χ0v) is 23.7. The number of allylic oxidation sites excluding steroid dienone is 5. The fraction of sp³-hybridized carbons (Fsp3) is 0.455. The fourth-order valence-electron chi connectivity index (χ4n) is 4.89. The molecule has 214 valence electrons. The van der Waals surface area contributed by atoms with Gasteiger partial charge in [-0.05, 0) is 87.4 Å². The molecule has 0 amide bonds. The predicted octanol–water partition coefficient (Wildman–Crippen LogP) is 8.04. The van der Waals surface area contributed by atoms with Crippen LogP contribution in [-0.2, 0) is 4.74 Å². The van der Waals surface area contributed by atoms with Crippen LogP contribution in [0.2, 0.25) is 0 Å². The molecule has 2 fully saturated rings. The van der Waals surface area contributed by atoms with Crippen LogP contribution < -0.4 is 5.32 Å². The van der Waals surface area contributed by atoms with Gasteiger partial charge in [-0.25, -0.2) is 13.2 Å². The van der Waals surface area contributed by atoms with Gasteiger partial charge in [0.05, 0.1) is 19.0 Å². The normalized spacial score (nSPS) is 22.7. The van der Waals surface area contributed by atoms with Gasteiger partial charge in [0, 0.05) is 25.2 Å². The summed E-state index contributed by atoms with van der Waals surface area (Å²) < 4.78 is 42.2. The lowest BCUT2D eigenvalue weighted by Crippen LogP contribution is -2.47. The molecule has 2 aromatic carbocycles. The molecule has 0 bridgehead atoms. The predicted molar refractivity (Wildman–Crippen MR) is 156 cm³/mol. The van der Waals surface area contributed by atoms with Crippen LogP contribution in [0, 0.1) is 23.5 Å². The Kier molecular flexibility index (Phi) is 15.5. The maximum absolute atomic E-state index is 13.0. The van der Waals surface area contributed by atoms with Gasteiger partial charge in [-0.1, -0.05) is 62.1 Å². The van der Waals surface area contributed by atoms with E-state index in [0.29, 0.717) is 0 Å². The number of nitrogens with zero attached hydrogens (tertiary/aromatic N) is 1. The number of halogens is 3. The average molecular weight is 543 g/mol. The standard InChI is InChI=1S/C20H31FN2O.C7H9F.C6H5F/c1-15-13-20(23-9-11-24-12-10-23)8-5-18(15)14-22-16(2)17-3-6-19(21)7-4-17;1-3-4-5-6-7(2)8;7-6-4-2-1-3-5-6/h3-4,6-7,15-16,18,20,22H,5,8-14H2,1-2H3;3-6H,1H2,2H3;1-5H/b;5-4-,7-6+;. The summed E-state index contributed by atoms with van der Waals surface area (Å²) in [7, 11) is 0. The Hall–Kier alpha value is -2.67. The number of hydrogen-bond acceptors (Lipinski definition) is 3. The molecule has 1 heterocycles. The van der Waals surface area contributed by atoms with Crippen molar-refractivity contribution in [2.45, 2.75) is 52.1 Å². The van der Waals surface area contributed by atoms with Crippen LogP contribution in [-0.4, -0.2) is 43.8 Å². The van der Waals surface area contributed by atoms with Gasteiger partial charge in [0.2, 0.25) is 0 Å². The maximum Gasteiger partial charge on any atom is 0.123 e. The molecule has 0 radical (unpaired) electrons. The van der Waals surface area contributed by atoms with Crippen molar-refractivity contribution in [1.29, 1.82) is 0 Å². The summed E-state index contributed by atoms with van der Waals surface area (Å²) in [5.74, 6) is 0.955. The van der Waals surface area contributed by atoms with Crippen molar-refractivity contribution < 1.29 is 17.9 Å². The quantitative estimate of drug-likeness (QED) is 0.358. The van der Waals surface area contributed by atoms with Crippen molar-refractivity contribution in [2.75, 3.05) is 32.8 Å². The molecule has 1 saturated heterocycles. The van der Waals surface area contributed by atoms with Crippen molar-refractivity contribution >= 4 is 0 Å². The fourth-order valence-corrected chi connectivity index (χ4v) is 4.89. The lowest BCUT2D eigenvalue weighted by molar-refractivity contribution is -0.00249. The Balaban J connectivity index is 0.000000290. The molecule has 1 N–H and O–H groups in total. The second-order valence-corrected chi connectivity index (χ2v) is 10.2. The molecule has 4 atom stereocenters. The van der Waals surface area contributed by atoms with Gasteiger partial charge in [0.1, 0.15) is 11.6 Å². The molecule has 3 nitrogen and oxygen atoms in total. The third-order valence-electron chi connectivity index (χ3n) is 7.24. The molecule has 1 aliphatic carbocycles. The molecular formula is C33H45F3N2O. The molecule has 1 aliphatic heterocycles. The molecule has 4 unspecified atom stereocenters. The summed E-state index contributed by atoms with van der Waals surface area (Å²) >= 11 is 0. The largest absolute Gasteiger partial charge is 0.379 e. The first-order valence-electron chi connectivity index (χ1n) is 13.9. The maximum atomic E-state index is 13.0. The minimum absolute atomic E-state index is 0.166. The van der Waals surface area contributed by atoms with Crippen LogP contribution in [0.3, 0.4) is 0 Å². The summed E-state index contributed by atoms with van der Waals surface area (Å²) in [5, 5.41) is 3.66. The van der Waals surface area contributed by atoms with E-state index < -0.39 is 0 Å². The van der Waals surface area contributed by atoms with Crippen molar-refractivity contribution in [3.8, 4) is 0 Å². The first-order chi connectivity index (χ1) is 18.8. The Bertz CT molecular complexity index is 984. The van der Waals surface area contributed by atoms with Crippen molar-refractivity contribution in [2.24, 2.45) is 11.8 Å². The van der Waals surface area contributed by atoms with Crippen molar-refractivity contribution in [1.82, 2.24) is 10.2 Å². The van der Waals surface area contributed by atoms with E-state index in [1.165, 1.54) is 44.4 Å². The number of ether oxygens (including phenoxy) is 1. The number of morpholine rings is 1. The second-order valence-electron chi connectivity index (χ2n) is 10.2. The van der Waals surface area contributed by atoms with Gasteiger partial charge in [-0.3, -0.25) is 4.90 Å². The van der Waals surface area contributed by atoms with Crippen LogP contribution in [0.4, 0.5) is 13.2 Å². The van der Waals surface area contributed by atoms with E-state index >= 15 is 0 Å². The zero-order chi connectivity index (χ0) is 28.5. The third kappa shape index (κ3) is 13.3. The third-order valence-corrected chi connectivity index (χ3v) is 7.24. The number of benzene rings is 2. The van der Waals surface area contributed by atoms with Crippen LogP contribution in [0.1, 0.15) is 51.6 Å². The average Bonchev–Trinajstić information content (AvgIpc) is 2.94. The summed E-state index contributed by atoms with van der Waals surface area (Å²) in [6.07, 6.45) is 10.2. The van der Waals surface area contributed by atoms with Gasteiger partial charge in [-0.2, -0.15) is 0 Å². The second kappa shape index (κ2) is 18.6. The lowest BCUT2D eigenvalue weighted by Gasteiger charge is -2.42. The van der Waals surface area contributed by atoms with Crippen LogP contribution in [0.25, 0.3) is 0 Å². The minimum atomic E-state index is -0.192. The number of rotatable bonds is 7. The molecular weight excluding hydrogens is 497 g/mol. The van der Waals surface area contributed by atoms with E-state index in [1.54, 1.807) is 48.6 Å². The number of hydrogen-bond donors (Lipinski definition) is 1. The zero-order valence-electron chi connectivity index (χ0n) is 23.7. The van der Waals surface area contributed by atoms with E-state index in [2.05, 4.69) is 30.6 Å². The Morgan fingerprint density at radius 2 is 1.67 bits per heavy atom. The van der Waals surface area contributed by atoms with Crippen LogP contribution in [0.5, 0.6) is 0 Å². The van der Waals surface area contributed by atoms with E-state index in [1.807, 2.05) is 12.1 Å². The summed E-state index contributed by atoms with van der Waals surface area (Å²) in [6.45, 7) is 14.4. The summed E-state index contributed by atoms with van der Waals surface area (Å²) in [6, 6.07) is 15.8. The highest BCUT2D eigenvalue weighted by atomic mass is 19.1. The first-order valence-corrected chi connectivity index (χ1v) is 13.9. The molecule has 4 rings (SSSR count). The Labute approximate surface area is 233 Å². The topological polar surface area (TPSA) is 24.5 Å². The molecule has 2 aliphatic rings. The summed E-state index contributed by atoms with van der Waals surface area (Å²) in [5.41, 5.74) is 1.16. The van der Waals surface area contributed by atoms with Crippen molar-refractivity contribution in [3.63, 3.8) is 0 Å². The van der Waals surface area contributed by atoms with Gasteiger partial charge in [0.25, 0.3) is 0 Å². The van der Waals surface area contributed by atoms with E-state index in [0.717, 1.165) is 56.3 Å². The highest BCUT2D eigenvalue weighted by molar-refractivity contribution is 5.19. The van der Waals surface area contributed by atoms with Gasteiger partial charge >= 0.3 is 0 Å². The Morgan fingerprint density at radius 3 is 2.21 bits per heavy atom. The van der Waals surface area contributed by atoms with Crippen LogP contribution >= 0.6 is 0 Å². The molecule has 2 aromatic rings. The van der Waals surface area contributed by atoms with Gasteiger partial charge in [0.15, 0.2) is 0 Å². The van der Waals surface area contributed by atoms with E-state index in [4.69, 9.17) is 4.74 Å². The SMILES string of the molecule is C=C/C=C\C=C(/C)F.CC(NCC1CCC(N2CCOCC2)CC1C)c1ccc(F)cc1.Fc1ccccc1. The molecule has 1 saturated carbocycles. The monoisotopic (exact) mass is 542 g/mol. The molecule has 39 heavy (non-hydrogen) atoms. The lowest BCUT2D eigenvalue weighted by atomic mass is 9.77. The Morgan fingerprint density at radius 1 is 1.03 bits per heavy atom. The molecule has 0 aromatic heterocycles. The minimum Gasteiger partial charge on any atom is -0.379 e. The van der Waals surface area contributed by atoms with E-state index in [-0.39, 0.29) is 23.5 Å². The highest BCUT2D eigenvalue weighted by Gasteiger charge is 2.31. The van der Waals surface area contributed by atoms with Crippen LogP contribution in [0.15, 0.2) is 91.3 Å². The summed E-state index contributed by atoms with van der Waals surface area (Å²) in [4.78, 5) is 2.63. The first kappa shape index (κ1) is 32.5. The number of nitrogens with one attached hydrogen (secondary N) is 1.